The topological polar surface area (TPSA) is 138 Å². The van der Waals surface area contributed by atoms with Crippen LogP contribution in [-0.4, -0.2) is 26.0 Å². The molecule has 1 aliphatic carbocycles. The second-order valence-corrected chi connectivity index (χ2v) is 9.83. The van der Waals surface area contributed by atoms with E-state index in [0.29, 0.717) is 50.8 Å². The molecular formula is C28H22ClFN10. The zero-order valence-corrected chi connectivity index (χ0v) is 21.9. The molecule has 2 aliphatic rings. The Morgan fingerprint density at radius 1 is 1.12 bits per heavy atom. The van der Waals surface area contributed by atoms with Gasteiger partial charge in [0.1, 0.15) is 18.0 Å². The number of aromatic nitrogens is 3. The standard InChI is InChI=1S/C28H22ClFN10/c1-15-24(30)7-20(13-34-15)37-26-18(9-32)12-35-28-22(26)5-19(6-23(28)29)36-27(17-4-16(8-31)10-33-11-17)25-14-40(39-38-25)21-2-3-21/h4-7,10-14,21,27,36,38-39H,2-3H2,1H3,(H,35,37)/t27-/m1/s1/i27D. The Hall–Kier alpha value is -4.97. The van der Waals surface area contributed by atoms with Crippen LogP contribution in [0.1, 0.15) is 42.6 Å². The highest BCUT2D eigenvalue weighted by atomic mass is 35.5. The van der Waals surface area contributed by atoms with Crippen LogP contribution in [0.5, 0.6) is 0 Å². The van der Waals surface area contributed by atoms with Crippen LogP contribution in [0.15, 0.2) is 60.9 Å². The molecule has 1 fully saturated rings. The van der Waals surface area contributed by atoms with Crippen LogP contribution in [0.3, 0.4) is 0 Å². The predicted molar refractivity (Wildman–Crippen MR) is 148 cm³/mol. The average Bonchev–Trinajstić information content (AvgIpc) is 3.70. The quantitative estimate of drug-likeness (QED) is 0.245. The molecule has 198 valence electrons. The van der Waals surface area contributed by atoms with Crippen molar-refractivity contribution in [2.75, 3.05) is 10.6 Å². The molecule has 4 aromatic rings. The van der Waals surface area contributed by atoms with E-state index in [4.69, 9.17) is 11.6 Å². The van der Waals surface area contributed by atoms with E-state index in [9.17, 15) is 16.3 Å². The number of nitrogens with zero attached hydrogens (tertiary/aromatic N) is 6. The summed E-state index contributed by atoms with van der Waals surface area (Å²) in [7, 11) is 0. The monoisotopic (exact) mass is 553 g/mol. The molecule has 0 radical (unpaired) electrons. The fraction of sp³-hybridized carbons (Fsp3) is 0.179. The van der Waals surface area contributed by atoms with Gasteiger partial charge in [-0.15, -0.1) is 5.53 Å². The maximum absolute atomic E-state index is 14.3. The lowest BCUT2D eigenvalue weighted by atomic mass is 10.0. The number of halogens is 2. The summed E-state index contributed by atoms with van der Waals surface area (Å²) in [5, 5.41) is 28.3. The second kappa shape index (κ2) is 10.3. The Morgan fingerprint density at radius 3 is 2.73 bits per heavy atom. The van der Waals surface area contributed by atoms with Crippen molar-refractivity contribution in [3.05, 3.63) is 94.2 Å². The minimum atomic E-state index is -1.63. The summed E-state index contributed by atoms with van der Waals surface area (Å²) >= 11 is 6.68. The van der Waals surface area contributed by atoms with Crippen molar-refractivity contribution in [2.45, 2.75) is 31.8 Å². The fourth-order valence-electron chi connectivity index (χ4n) is 4.35. The van der Waals surface area contributed by atoms with E-state index in [2.05, 4.69) is 48.7 Å². The SMILES string of the molecule is [2H][C@](Nc1cc(Cl)c2ncc(C#N)c(Nc3cnc(C)c(F)c3)c2c1)(C1=CN(C2CC2)NN1)c1cncc(C#N)c1. The van der Waals surface area contributed by atoms with Gasteiger partial charge in [-0.25, -0.2) is 4.39 Å². The molecule has 1 atom stereocenters. The van der Waals surface area contributed by atoms with Gasteiger partial charge in [-0.2, -0.15) is 10.5 Å². The summed E-state index contributed by atoms with van der Waals surface area (Å²) in [5.74, 6) is -0.495. The van der Waals surface area contributed by atoms with Crippen LogP contribution in [0.4, 0.5) is 21.5 Å². The molecule has 1 aromatic carbocycles. The maximum atomic E-state index is 14.3. The minimum Gasteiger partial charge on any atom is -0.373 e. The van der Waals surface area contributed by atoms with E-state index in [-0.39, 0.29) is 16.3 Å². The first-order chi connectivity index (χ1) is 19.8. The first-order valence-corrected chi connectivity index (χ1v) is 12.7. The van der Waals surface area contributed by atoms with Gasteiger partial charge in [0, 0.05) is 48.0 Å². The van der Waals surface area contributed by atoms with E-state index in [1.807, 2.05) is 11.2 Å². The van der Waals surface area contributed by atoms with Gasteiger partial charge in [0.25, 0.3) is 0 Å². The highest BCUT2D eigenvalue weighted by Gasteiger charge is 2.32. The first kappa shape index (κ1) is 24.1. The van der Waals surface area contributed by atoms with Gasteiger partial charge in [-0.3, -0.25) is 20.0 Å². The van der Waals surface area contributed by atoms with Gasteiger partial charge in [-0.05, 0) is 43.5 Å². The number of fused-ring (bicyclic) bond motifs is 1. The number of nitriles is 2. The summed E-state index contributed by atoms with van der Waals surface area (Å²) < 4.78 is 23.9. The number of aryl methyl sites for hydroxylation is 1. The van der Waals surface area contributed by atoms with Crippen LogP contribution >= 0.6 is 11.6 Å². The van der Waals surface area contributed by atoms with Crippen molar-refractivity contribution >= 4 is 39.6 Å². The number of rotatable bonds is 7. The summed E-state index contributed by atoms with van der Waals surface area (Å²) in [6.07, 6.45) is 9.70. The number of hydrazine groups is 2. The summed E-state index contributed by atoms with van der Waals surface area (Å²) in [5.41, 5.74) is 9.34. The van der Waals surface area contributed by atoms with E-state index >= 15 is 0 Å². The van der Waals surface area contributed by atoms with Gasteiger partial charge in [-0.1, -0.05) is 11.6 Å². The molecule has 3 aromatic heterocycles. The van der Waals surface area contributed by atoms with Gasteiger partial charge in [0.2, 0.25) is 0 Å². The van der Waals surface area contributed by atoms with Crippen molar-refractivity contribution < 1.29 is 5.76 Å². The van der Waals surface area contributed by atoms with E-state index in [1.165, 1.54) is 30.9 Å². The minimum absolute atomic E-state index is 0.208. The van der Waals surface area contributed by atoms with Gasteiger partial charge in [0.15, 0.2) is 0 Å². The Kier molecular flexibility index (Phi) is 6.21. The Morgan fingerprint density at radius 2 is 1.98 bits per heavy atom. The number of hydrogen-bond donors (Lipinski definition) is 4. The zero-order valence-electron chi connectivity index (χ0n) is 22.1. The molecular weight excluding hydrogens is 531 g/mol. The normalized spacial score (nSPS) is 16.3. The summed E-state index contributed by atoms with van der Waals surface area (Å²) in [4.78, 5) is 12.6. The maximum Gasteiger partial charge on any atom is 0.146 e. The number of hydrogen-bond acceptors (Lipinski definition) is 10. The molecule has 10 nitrogen and oxygen atoms in total. The van der Waals surface area contributed by atoms with Gasteiger partial charge in [0.05, 0.1) is 58.0 Å². The number of benzene rings is 1. The molecule has 0 amide bonds. The zero-order chi connectivity index (χ0) is 28.7. The van der Waals surface area contributed by atoms with Crippen molar-refractivity contribution in [1.82, 2.24) is 30.9 Å². The first-order valence-electron chi connectivity index (χ1n) is 12.9. The molecule has 4 heterocycles. The lowest BCUT2D eigenvalue weighted by molar-refractivity contribution is 0.260. The molecule has 0 spiro atoms. The molecule has 0 unspecified atom stereocenters. The van der Waals surface area contributed by atoms with Gasteiger partial charge >= 0.3 is 0 Å². The smallest absolute Gasteiger partial charge is 0.146 e. The van der Waals surface area contributed by atoms with E-state index in [1.54, 1.807) is 25.1 Å². The van der Waals surface area contributed by atoms with Crippen LogP contribution < -0.4 is 21.6 Å². The number of nitrogens with one attached hydrogen (secondary N) is 4. The van der Waals surface area contributed by atoms with Crippen LogP contribution in [-0.2, 0) is 0 Å². The second-order valence-electron chi connectivity index (χ2n) is 9.42. The van der Waals surface area contributed by atoms with Gasteiger partial charge < -0.3 is 16.1 Å². The van der Waals surface area contributed by atoms with E-state index < -0.39 is 11.8 Å². The molecule has 6 rings (SSSR count). The molecule has 0 bridgehead atoms. The third-order valence-electron chi connectivity index (χ3n) is 6.56. The van der Waals surface area contributed by atoms with Crippen molar-refractivity contribution in [3.8, 4) is 12.1 Å². The molecule has 1 aliphatic heterocycles. The Balaban J connectivity index is 1.47. The molecule has 0 saturated heterocycles. The number of anilines is 3. The van der Waals surface area contributed by atoms with E-state index in [0.717, 1.165) is 12.8 Å². The Bertz CT molecular complexity index is 1810. The third-order valence-corrected chi connectivity index (χ3v) is 6.85. The van der Waals surface area contributed by atoms with Crippen LogP contribution in [0.2, 0.25) is 5.02 Å². The highest BCUT2D eigenvalue weighted by molar-refractivity contribution is 6.36. The van der Waals surface area contributed by atoms with Crippen molar-refractivity contribution in [1.29, 1.82) is 10.5 Å². The van der Waals surface area contributed by atoms with Crippen LogP contribution in [0, 0.1) is 35.4 Å². The summed E-state index contributed by atoms with van der Waals surface area (Å²) in [6.45, 7) is 1.56. The summed E-state index contributed by atoms with van der Waals surface area (Å²) in [6, 6.07) is 9.11. The lowest BCUT2D eigenvalue weighted by Gasteiger charge is -2.22. The molecule has 1 saturated carbocycles. The molecule has 12 heteroatoms. The van der Waals surface area contributed by atoms with Crippen LogP contribution in [0.25, 0.3) is 10.9 Å². The molecule has 4 N–H and O–H groups in total. The van der Waals surface area contributed by atoms with Crippen molar-refractivity contribution in [2.24, 2.45) is 0 Å². The third kappa shape index (κ3) is 4.92. The fourth-order valence-corrected chi connectivity index (χ4v) is 4.62. The highest BCUT2D eigenvalue weighted by Crippen LogP contribution is 2.37. The van der Waals surface area contributed by atoms with Crippen molar-refractivity contribution in [3.63, 3.8) is 0 Å². The predicted octanol–water partition coefficient (Wildman–Crippen LogP) is 5.09. The lowest BCUT2D eigenvalue weighted by Crippen LogP contribution is -2.38. The average molecular weight is 554 g/mol. The number of pyridine rings is 3. The Labute approximate surface area is 235 Å². The largest absolute Gasteiger partial charge is 0.373 e. The molecule has 40 heavy (non-hydrogen) atoms.